The highest BCUT2D eigenvalue weighted by molar-refractivity contribution is 5.02. The Morgan fingerprint density at radius 3 is 2.95 bits per heavy atom. The molecule has 0 amide bonds. The van der Waals surface area contributed by atoms with Gasteiger partial charge in [0.25, 0.3) is 0 Å². The van der Waals surface area contributed by atoms with Crippen LogP contribution in [0.15, 0.2) is 22.8 Å². The maximum Gasteiger partial charge on any atom is 0.120 e. The number of aliphatic hydroxyl groups excluding tert-OH is 1. The Morgan fingerprint density at radius 2 is 2.25 bits per heavy atom. The van der Waals surface area contributed by atoms with Crippen molar-refractivity contribution < 1.29 is 14.3 Å². The first-order valence-electron chi connectivity index (χ1n) is 7.73. The molecule has 20 heavy (non-hydrogen) atoms. The van der Waals surface area contributed by atoms with E-state index in [1.54, 1.807) is 6.26 Å². The molecule has 4 atom stereocenters. The van der Waals surface area contributed by atoms with Crippen molar-refractivity contribution >= 4 is 0 Å². The SMILES string of the molecule is CC1CCCCC1OCC(O)CN[C@H](C)c1ccco1. The summed E-state index contributed by atoms with van der Waals surface area (Å²) in [5.41, 5.74) is 0. The van der Waals surface area contributed by atoms with Gasteiger partial charge in [-0.15, -0.1) is 0 Å². The molecular formula is C16H27NO3. The molecule has 0 aliphatic heterocycles. The van der Waals surface area contributed by atoms with Crippen molar-refractivity contribution in [2.45, 2.75) is 57.8 Å². The number of nitrogens with one attached hydrogen (secondary N) is 1. The highest BCUT2D eigenvalue weighted by atomic mass is 16.5. The molecule has 1 aliphatic rings. The summed E-state index contributed by atoms with van der Waals surface area (Å²) >= 11 is 0. The summed E-state index contributed by atoms with van der Waals surface area (Å²) in [6.07, 6.45) is 6.45. The maximum absolute atomic E-state index is 9.99. The van der Waals surface area contributed by atoms with Gasteiger partial charge in [0.1, 0.15) is 5.76 Å². The van der Waals surface area contributed by atoms with Gasteiger partial charge in [-0.3, -0.25) is 0 Å². The molecule has 1 aliphatic carbocycles. The first-order chi connectivity index (χ1) is 9.66. The third-order valence-electron chi connectivity index (χ3n) is 4.17. The van der Waals surface area contributed by atoms with E-state index in [0.717, 1.165) is 12.2 Å². The van der Waals surface area contributed by atoms with Crippen molar-refractivity contribution in [1.29, 1.82) is 0 Å². The lowest BCUT2D eigenvalue weighted by atomic mass is 9.88. The molecule has 2 rings (SSSR count). The average molecular weight is 281 g/mol. The van der Waals surface area contributed by atoms with Crippen LogP contribution in [0.1, 0.15) is 51.3 Å². The van der Waals surface area contributed by atoms with Crippen molar-refractivity contribution in [2.24, 2.45) is 5.92 Å². The molecule has 0 bridgehead atoms. The molecule has 0 saturated heterocycles. The topological polar surface area (TPSA) is 54.6 Å². The molecule has 0 spiro atoms. The zero-order valence-electron chi connectivity index (χ0n) is 12.5. The van der Waals surface area contributed by atoms with Crippen LogP contribution in [0.25, 0.3) is 0 Å². The fraction of sp³-hybridized carbons (Fsp3) is 0.750. The van der Waals surface area contributed by atoms with Gasteiger partial charge in [0.2, 0.25) is 0 Å². The Hall–Kier alpha value is -0.840. The Bertz CT molecular complexity index is 366. The fourth-order valence-corrected chi connectivity index (χ4v) is 2.77. The highest BCUT2D eigenvalue weighted by Gasteiger charge is 2.22. The van der Waals surface area contributed by atoms with E-state index < -0.39 is 6.10 Å². The van der Waals surface area contributed by atoms with Crippen LogP contribution in [0.4, 0.5) is 0 Å². The number of ether oxygens (including phenoxy) is 1. The van der Waals surface area contributed by atoms with Crippen molar-refractivity contribution in [2.75, 3.05) is 13.2 Å². The summed E-state index contributed by atoms with van der Waals surface area (Å²) in [6.45, 7) is 5.19. The van der Waals surface area contributed by atoms with Crippen LogP contribution in [0.3, 0.4) is 0 Å². The standard InChI is InChI=1S/C16H27NO3/c1-12-6-3-4-7-15(12)20-11-14(18)10-17-13(2)16-8-5-9-19-16/h5,8-9,12-15,17-18H,3-4,6-7,10-11H2,1-2H3/t12?,13-,14?,15?/m1/s1. The summed E-state index contributed by atoms with van der Waals surface area (Å²) < 4.78 is 11.2. The van der Waals surface area contributed by atoms with Crippen LogP contribution < -0.4 is 5.32 Å². The minimum atomic E-state index is -0.471. The lowest BCUT2D eigenvalue weighted by molar-refractivity contribution is -0.0456. The quantitative estimate of drug-likeness (QED) is 0.807. The smallest absolute Gasteiger partial charge is 0.120 e. The largest absolute Gasteiger partial charge is 0.468 e. The van der Waals surface area contributed by atoms with E-state index in [2.05, 4.69) is 12.2 Å². The lowest BCUT2D eigenvalue weighted by Crippen LogP contribution is -2.35. The summed E-state index contributed by atoms with van der Waals surface area (Å²) in [6, 6.07) is 3.91. The van der Waals surface area contributed by atoms with Crippen LogP contribution in [0.5, 0.6) is 0 Å². The van der Waals surface area contributed by atoms with Crippen molar-refractivity contribution in [3.05, 3.63) is 24.2 Å². The third kappa shape index (κ3) is 4.62. The second-order valence-corrected chi connectivity index (χ2v) is 5.93. The Kier molecular flexibility index (Phi) is 6.07. The molecule has 4 heteroatoms. The number of rotatable bonds is 7. The molecule has 2 N–H and O–H groups in total. The monoisotopic (exact) mass is 281 g/mol. The van der Waals surface area contributed by atoms with Crippen molar-refractivity contribution in [3.63, 3.8) is 0 Å². The number of furan rings is 1. The Labute approximate surface area is 121 Å². The molecule has 1 heterocycles. The Morgan fingerprint density at radius 1 is 1.45 bits per heavy atom. The highest BCUT2D eigenvalue weighted by Crippen LogP contribution is 2.26. The average Bonchev–Trinajstić information content (AvgIpc) is 2.98. The van der Waals surface area contributed by atoms with Crippen molar-refractivity contribution in [3.8, 4) is 0 Å². The minimum Gasteiger partial charge on any atom is -0.468 e. The molecule has 0 aromatic carbocycles. The van der Waals surface area contributed by atoms with E-state index in [0.29, 0.717) is 25.2 Å². The predicted octanol–water partition coefficient (Wildman–Crippen LogP) is 2.89. The lowest BCUT2D eigenvalue weighted by Gasteiger charge is -2.29. The van der Waals surface area contributed by atoms with E-state index in [9.17, 15) is 5.11 Å². The number of aliphatic hydroxyl groups is 1. The molecule has 0 radical (unpaired) electrons. The zero-order valence-corrected chi connectivity index (χ0v) is 12.5. The number of hydrogen-bond acceptors (Lipinski definition) is 4. The van der Waals surface area contributed by atoms with E-state index >= 15 is 0 Å². The second kappa shape index (κ2) is 7.81. The summed E-state index contributed by atoms with van der Waals surface area (Å²) in [5, 5.41) is 13.3. The first-order valence-corrected chi connectivity index (χ1v) is 7.73. The minimum absolute atomic E-state index is 0.105. The van der Waals surface area contributed by atoms with Gasteiger partial charge in [-0.2, -0.15) is 0 Å². The maximum atomic E-state index is 9.99. The van der Waals surface area contributed by atoms with Crippen LogP contribution in [0.2, 0.25) is 0 Å². The van der Waals surface area contributed by atoms with E-state index in [1.807, 2.05) is 19.1 Å². The molecule has 4 nitrogen and oxygen atoms in total. The van der Waals surface area contributed by atoms with E-state index in [-0.39, 0.29) is 6.04 Å². The Balaban J connectivity index is 1.63. The summed E-state index contributed by atoms with van der Waals surface area (Å²) in [5.74, 6) is 1.50. The van der Waals surface area contributed by atoms with Gasteiger partial charge in [0, 0.05) is 6.54 Å². The predicted molar refractivity (Wildman–Crippen MR) is 78.5 cm³/mol. The van der Waals surface area contributed by atoms with Gasteiger partial charge < -0.3 is 19.6 Å². The van der Waals surface area contributed by atoms with Gasteiger partial charge in [0.05, 0.1) is 31.1 Å². The third-order valence-corrected chi connectivity index (χ3v) is 4.17. The summed E-state index contributed by atoms with van der Waals surface area (Å²) in [4.78, 5) is 0. The van der Waals surface area contributed by atoms with Crippen molar-refractivity contribution in [1.82, 2.24) is 5.32 Å². The van der Waals surface area contributed by atoms with Crippen LogP contribution in [-0.4, -0.2) is 30.5 Å². The van der Waals surface area contributed by atoms with Gasteiger partial charge in [-0.05, 0) is 37.8 Å². The number of hydrogen-bond donors (Lipinski definition) is 2. The van der Waals surface area contributed by atoms with E-state index in [4.69, 9.17) is 9.15 Å². The van der Waals surface area contributed by atoms with Gasteiger partial charge in [-0.25, -0.2) is 0 Å². The van der Waals surface area contributed by atoms with Crippen LogP contribution in [0, 0.1) is 5.92 Å². The zero-order chi connectivity index (χ0) is 14.4. The summed E-state index contributed by atoms with van der Waals surface area (Å²) in [7, 11) is 0. The van der Waals surface area contributed by atoms with Gasteiger partial charge in [-0.1, -0.05) is 19.8 Å². The molecule has 1 aromatic heterocycles. The molecule has 3 unspecified atom stereocenters. The fourth-order valence-electron chi connectivity index (χ4n) is 2.77. The molecule has 1 fully saturated rings. The van der Waals surface area contributed by atoms with E-state index in [1.165, 1.54) is 19.3 Å². The second-order valence-electron chi connectivity index (χ2n) is 5.93. The van der Waals surface area contributed by atoms with Gasteiger partial charge in [0.15, 0.2) is 0 Å². The molecule has 114 valence electrons. The molecular weight excluding hydrogens is 254 g/mol. The molecule has 1 saturated carbocycles. The van der Waals surface area contributed by atoms with Crippen LogP contribution >= 0.6 is 0 Å². The van der Waals surface area contributed by atoms with Crippen LogP contribution in [-0.2, 0) is 4.74 Å². The first kappa shape index (κ1) is 15.5. The van der Waals surface area contributed by atoms with Gasteiger partial charge >= 0.3 is 0 Å². The normalized spacial score (nSPS) is 26.4. The molecule has 1 aromatic rings.